The lowest BCUT2D eigenvalue weighted by Crippen LogP contribution is -2.21. The van der Waals surface area contributed by atoms with E-state index < -0.39 is 5.82 Å². The summed E-state index contributed by atoms with van der Waals surface area (Å²) in [6.45, 7) is 7.14. The minimum absolute atomic E-state index is 0.137. The monoisotopic (exact) mass is 312 g/mol. The van der Waals surface area contributed by atoms with E-state index in [2.05, 4.69) is 31.1 Å². The number of halogens is 2. The highest BCUT2D eigenvalue weighted by Crippen LogP contribution is 2.31. The van der Waals surface area contributed by atoms with Crippen LogP contribution in [-0.4, -0.2) is 11.0 Å². The number of aryl methyl sites for hydroxylation is 1. The largest absolute Gasteiger partial charge is 0.310 e. The van der Waals surface area contributed by atoms with Crippen LogP contribution in [0.1, 0.15) is 31.3 Å². The van der Waals surface area contributed by atoms with Gasteiger partial charge in [0.1, 0.15) is 10.8 Å². The first-order valence-electron chi connectivity index (χ1n) is 6.68. The smallest absolute Gasteiger partial charge is 0.141 e. The Morgan fingerprint density at radius 1 is 1.40 bits per heavy atom. The van der Waals surface area contributed by atoms with Crippen LogP contribution in [-0.2, 0) is 13.0 Å². The van der Waals surface area contributed by atoms with Crippen LogP contribution in [0.15, 0.2) is 18.2 Å². The number of hydrogen-bond donors (Lipinski definition) is 1. The quantitative estimate of drug-likeness (QED) is 0.868. The Bertz CT molecular complexity index is 596. The molecule has 1 aromatic carbocycles. The van der Waals surface area contributed by atoms with Crippen LogP contribution in [0.5, 0.6) is 0 Å². The van der Waals surface area contributed by atoms with Crippen LogP contribution in [0.3, 0.4) is 0 Å². The standard InChI is InChI=1S/C15H18ClFN2S/c1-4-13-14(8-18-9(2)3)20-15(19-13)10-5-6-12(17)11(16)7-10/h5-7,9,18H,4,8H2,1-3H3. The molecule has 0 aliphatic rings. The highest BCUT2D eigenvalue weighted by atomic mass is 35.5. The lowest BCUT2D eigenvalue weighted by molar-refractivity contribution is 0.590. The summed E-state index contributed by atoms with van der Waals surface area (Å²) in [5, 5.41) is 4.44. The molecule has 20 heavy (non-hydrogen) atoms. The fraction of sp³-hybridized carbons (Fsp3) is 0.400. The van der Waals surface area contributed by atoms with E-state index >= 15 is 0 Å². The van der Waals surface area contributed by atoms with Crippen molar-refractivity contribution < 1.29 is 4.39 Å². The maximum absolute atomic E-state index is 13.2. The zero-order valence-corrected chi connectivity index (χ0v) is 13.4. The number of nitrogens with zero attached hydrogens (tertiary/aromatic N) is 1. The van der Waals surface area contributed by atoms with Crippen molar-refractivity contribution in [2.75, 3.05) is 0 Å². The highest BCUT2D eigenvalue weighted by Gasteiger charge is 2.12. The van der Waals surface area contributed by atoms with Crippen molar-refractivity contribution in [2.24, 2.45) is 0 Å². The summed E-state index contributed by atoms with van der Waals surface area (Å²) in [6, 6.07) is 5.18. The number of rotatable bonds is 5. The number of aromatic nitrogens is 1. The molecule has 5 heteroatoms. The molecule has 0 saturated carbocycles. The molecule has 1 heterocycles. The predicted octanol–water partition coefficient (Wildman–Crippen LogP) is 4.66. The molecule has 0 radical (unpaired) electrons. The predicted molar refractivity (Wildman–Crippen MR) is 83.9 cm³/mol. The molecule has 0 saturated heterocycles. The summed E-state index contributed by atoms with van der Waals surface area (Å²) in [4.78, 5) is 5.88. The van der Waals surface area contributed by atoms with E-state index in [0.29, 0.717) is 6.04 Å². The van der Waals surface area contributed by atoms with Gasteiger partial charge in [0.2, 0.25) is 0 Å². The summed E-state index contributed by atoms with van der Waals surface area (Å²) in [6.07, 6.45) is 0.889. The van der Waals surface area contributed by atoms with E-state index in [0.717, 1.165) is 29.2 Å². The molecule has 2 aromatic rings. The second-order valence-corrected chi connectivity index (χ2v) is 6.40. The fourth-order valence-corrected chi connectivity index (χ4v) is 3.13. The van der Waals surface area contributed by atoms with Gasteiger partial charge >= 0.3 is 0 Å². The first kappa shape index (κ1) is 15.4. The Balaban J connectivity index is 2.30. The number of thiazole rings is 1. The molecule has 2 nitrogen and oxygen atoms in total. The van der Waals surface area contributed by atoms with E-state index in [1.807, 2.05) is 0 Å². The lowest BCUT2D eigenvalue weighted by Gasteiger charge is -2.06. The van der Waals surface area contributed by atoms with Crippen molar-refractivity contribution in [1.29, 1.82) is 0 Å². The van der Waals surface area contributed by atoms with Crippen molar-refractivity contribution in [3.63, 3.8) is 0 Å². The van der Waals surface area contributed by atoms with Gasteiger partial charge in [-0.2, -0.15) is 0 Å². The summed E-state index contributed by atoms with van der Waals surface area (Å²) in [5.41, 5.74) is 1.96. The van der Waals surface area contributed by atoms with Crippen molar-refractivity contribution in [3.8, 4) is 10.6 Å². The van der Waals surface area contributed by atoms with E-state index in [-0.39, 0.29) is 5.02 Å². The maximum Gasteiger partial charge on any atom is 0.141 e. The molecule has 1 N–H and O–H groups in total. The number of nitrogens with one attached hydrogen (secondary N) is 1. The second kappa shape index (κ2) is 6.66. The highest BCUT2D eigenvalue weighted by molar-refractivity contribution is 7.15. The van der Waals surface area contributed by atoms with Gasteiger partial charge in [0, 0.05) is 23.0 Å². The first-order chi connectivity index (χ1) is 9.51. The third kappa shape index (κ3) is 3.57. The SMILES string of the molecule is CCc1nc(-c2ccc(F)c(Cl)c2)sc1CNC(C)C. The maximum atomic E-state index is 13.2. The van der Waals surface area contributed by atoms with Gasteiger partial charge in [-0.15, -0.1) is 11.3 Å². The summed E-state index contributed by atoms with van der Waals surface area (Å²) in [5.74, 6) is -0.399. The van der Waals surface area contributed by atoms with Crippen LogP contribution >= 0.6 is 22.9 Å². The third-order valence-corrected chi connectivity index (χ3v) is 4.39. The molecule has 0 fully saturated rings. The first-order valence-corrected chi connectivity index (χ1v) is 7.88. The molecule has 1 aromatic heterocycles. The molecule has 0 unspecified atom stereocenters. The zero-order chi connectivity index (χ0) is 14.7. The van der Waals surface area contributed by atoms with Gasteiger partial charge in [0.15, 0.2) is 0 Å². The Labute approximate surface area is 128 Å². The molecule has 0 amide bonds. The Kier molecular flexibility index (Phi) is 5.13. The normalized spacial score (nSPS) is 11.3. The molecule has 0 spiro atoms. The number of benzene rings is 1. The molecule has 0 aliphatic heterocycles. The van der Waals surface area contributed by atoms with Crippen LogP contribution in [0.4, 0.5) is 4.39 Å². The molecule has 0 atom stereocenters. The topological polar surface area (TPSA) is 24.9 Å². The second-order valence-electron chi connectivity index (χ2n) is 4.91. The minimum Gasteiger partial charge on any atom is -0.310 e. The van der Waals surface area contributed by atoms with Crippen molar-refractivity contribution in [1.82, 2.24) is 10.3 Å². The average Bonchev–Trinajstić information content (AvgIpc) is 2.82. The Morgan fingerprint density at radius 3 is 2.75 bits per heavy atom. The van der Waals surface area contributed by atoms with Crippen LogP contribution in [0, 0.1) is 5.82 Å². The van der Waals surface area contributed by atoms with Gasteiger partial charge in [0.05, 0.1) is 10.7 Å². The summed E-state index contributed by atoms with van der Waals surface area (Å²) >= 11 is 7.48. The zero-order valence-electron chi connectivity index (χ0n) is 11.8. The molecule has 2 rings (SSSR count). The van der Waals surface area contributed by atoms with Crippen LogP contribution in [0.25, 0.3) is 10.6 Å². The summed E-state index contributed by atoms with van der Waals surface area (Å²) < 4.78 is 13.2. The average molecular weight is 313 g/mol. The van der Waals surface area contributed by atoms with Crippen LogP contribution < -0.4 is 5.32 Å². The molecule has 0 aliphatic carbocycles. The fourth-order valence-electron chi connectivity index (χ4n) is 1.85. The van der Waals surface area contributed by atoms with Gasteiger partial charge in [0.25, 0.3) is 0 Å². The van der Waals surface area contributed by atoms with Gasteiger partial charge in [-0.1, -0.05) is 32.4 Å². The Hall–Kier alpha value is -0.970. The molecule has 108 valence electrons. The third-order valence-electron chi connectivity index (χ3n) is 2.95. The minimum atomic E-state index is -0.399. The van der Waals surface area contributed by atoms with Gasteiger partial charge in [-0.3, -0.25) is 0 Å². The van der Waals surface area contributed by atoms with Gasteiger partial charge in [-0.05, 0) is 24.6 Å². The van der Waals surface area contributed by atoms with Gasteiger partial charge in [-0.25, -0.2) is 9.37 Å². The van der Waals surface area contributed by atoms with E-state index in [1.165, 1.54) is 10.9 Å². The number of hydrogen-bond acceptors (Lipinski definition) is 3. The van der Waals surface area contributed by atoms with Crippen molar-refractivity contribution in [2.45, 2.75) is 39.8 Å². The molecule has 0 bridgehead atoms. The Morgan fingerprint density at radius 2 is 2.15 bits per heavy atom. The molecular weight excluding hydrogens is 295 g/mol. The molecular formula is C15H18ClFN2S. The van der Waals surface area contributed by atoms with E-state index in [4.69, 9.17) is 11.6 Å². The van der Waals surface area contributed by atoms with Gasteiger partial charge < -0.3 is 5.32 Å². The van der Waals surface area contributed by atoms with Crippen molar-refractivity contribution >= 4 is 22.9 Å². The van der Waals surface area contributed by atoms with Crippen molar-refractivity contribution in [3.05, 3.63) is 39.6 Å². The van der Waals surface area contributed by atoms with E-state index in [9.17, 15) is 4.39 Å². The summed E-state index contributed by atoms with van der Waals surface area (Å²) in [7, 11) is 0. The van der Waals surface area contributed by atoms with Crippen LogP contribution in [0.2, 0.25) is 5.02 Å². The lowest BCUT2D eigenvalue weighted by atomic mass is 10.2. The van der Waals surface area contributed by atoms with E-state index in [1.54, 1.807) is 23.5 Å².